The molecule has 2 atom stereocenters. The van der Waals surface area contributed by atoms with Crippen molar-refractivity contribution in [3.8, 4) is 0 Å². The summed E-state index contributed by atoms with van der Waals surface area (Å²) in [5.41, 5.74) is 0. The van der Waals surface area contributed by atoms with Gasteiger partial charge in [-0.15, -0.1) is 0 Å². The Bertz CT molecular complexity index is 196. The zero-order valence-electron chi connectivity index (χ0n) is 8.32. The lowest BCUT2D eigenvalue weighted by atomic mass is 10.2. The summed E-state index contributed by atoms with van der Waals surface area (Å²) in [5, 5.41) is 12.5. The van der Waals surface area contributed by atoms with Crippen LogP contribution >= 0.6 is 0 Å². The number of likely N-dealkylation sites (N-methyl/N-ethyl adjacent to an activating group) is 1. The van der Waals surface area contributed by atoms with E-state index in [0.29, 0.717) is 13.1 Å². The van der Waals surface area contributed by atoms with E-state index >= 15 is 0 Å². The number of urea groups is 1. The van der Waals surface area contributed by atoms with Gasteiger partial charge in [-0.3, -0.25) is 0 Å². The second-order valence-electron chi connectivity index (χ2n) is 3.58. The number of aliphatic hydroxyl groups excluding tert-OH is 1. The van der Waals surface area contributed by atoms with E-state index in [1.165, 1.54) is 4.90 Å². The molecule has 0 unspecified atom stereocenters. The van der Waals surface area contributed by atoms with Crippen LogP contribution in [0, 0.1) is 0 Å². The van der Waals surface area contributed by atoms with Gasteiger partial charge in [0.15, 0.2) is 0 Å². The maximum atomic E-state index is 11.5. The Balaban J connectivity index is 2.56. The lowest BCUT2D eigenvalue weighted by Crippen LogP contribution is -2.48. The van der Waals surface area contributed by atoms with Gasteiger partial charge in [-0.1, -0.05) is 0 Å². The minimum absolute atomic E-state index is 0.0762. The van der Waals surface area contributed by atoms with Gasteiger partial charge in [0.2, 0.25) is 0 Å². The van der Waals surface area contributed by atoms with Crippen LogP contribution in [-0.2, 0) is 0 Å². The van der Waals surface area contributed by atoms with Gasteiger partial charge < -0.3 is 20.2 Å². The van der Waals surface area contributed by atoms with E-state index in [9.17, 15) is 9.90 Å². The zero-order chi connectivity index (χ0) is 10.0. The van der Waals surface area contributed by atoms with Gasteiger partial charge in [0.25, 0.3) is 0 Å². The van der Waals surface area contributed by atoms with E-state index in [1.807, 2.05) is 0 Å². The van der Waals surface area contributed by atoms with Crippen LogP contribution in [0.3, 0.4) is 0 Å². The molecule has 1 aliphatic heterocycles. The molecule has 0 aromatic carbocycles. The highest BCUT2D eigenvalue weighted by Gasteiger charge is 2.31. The summed E-state index contributed by atoms with van der Waals surface area (Å²) in [6.07, 6.45) is -0.450. The molecule has 76 valence electrons. The second kappa shape index (κ2) is 3.93. The van der Waals surface area contributed by atoms with E-state index in [2.05, 4.69) is 5.32 Å². The number of hydrogen-bond donors (Lipinski definition) is 2. The van der Waals surface area contributed by atoms with Gasteiger partial charge in [-0.05, 0) is 0 Å². The highest BCUT2D eigenvalue weighted by molar-refractivity contribution is 5.74. The first-order chi connectivity index (χ1) is 6.04. The fourth-order valence-corrected chi connectivity index (χ4v) is 1.50. The van der Waals surface area contributed by atoms with Crippen molar-refractivity contribution in [1.82, 2.24) is 15.1 Å². The number of β-amino-alcohol motifs (C(OH)–C–C–N with tert-alkyl or cyclic N) is 1. The van der Waals surface area contributed by atoms with Crippen molar-refractivity contribution in [2.24, 2.45) is 0 Å². The minimum Gasteiger partial charge on any atom is -0.390 e. The molecule has 0 bridgehead atoms. The third-order valence-electron chi connectivity index (χ3n) is 2.33. The van der Waals surface area contributed by atoms with Crippen LogP contribution < -0.4 is 5.32 Å². The molecule has 5 heteroatoms. The molecule has 1 heterocycles. The maximum absolute atomic E-state index is 11.5. The molecule has 0 aromatic rings. The van der Waals surface area contributed by atoms with Crippen molar-refractivity contribution in [3.63, 3.8) is 0 Å². The molecule has 0 saturated carbocycles. The number of amides is 2. The van der Waals surface area contributed by atoms with Gasteiger partial charge in [-0.25, -0.2) is 4.79 Å². The second-order valence-corrected chi connectivity index (χ2v) is 3.58. The van der Waals surface area contributed by atoms with Gasteiger partial charge in [0.05, 0.1) is 12.1 Å². The number of aliphatic hydroxyl groups is 1. The summed E-state index contributed by atoms with van der Waals surface area (Å²) in [6.45, 7) is 1.23. The molecule has 0 aromatic heterocycles. The van der Waals surface area contributed by atoms with Crippen molar-refractivity contribution in [2.75, 3.05) is 34.2 Å². The summed E-state index contributed by atoms with van der Waals surface area (Å²) in [5.74, 6) is 0. The first-order valence-corrected chi connectivity index (χ1v) is 4.37. The Morgan fingerprint density at radius 1 is 1.38 bits per heavy atom. The SMILES string of the molecule is CN(C)C(=O)N(C)[C@@H]1CNC[C@H]1O. The molecule has 1 rings (SSSR count). The molecule has 0 radical (unpaired) electrons. The standard InChI is InChI=1S/C8H17N3O2/c1-10(2)8(13)11(3)6-4-9-5-7(6)12/h6-7,9,12H,4-5H2,1-3H3/t6-,7-/m1/s1. The lowest BCUT2D eigenvalue weighted by molar-refractivity contribution is 0.0999. The van der Waals surface area contributed by atoms with Crippen LogP contribution in [0.5, 0.6) is 0 Å². The Hall–Kier alpha value is -0.810. The molecule has 1 saturated heterocycles. The number of carbonyl (C=O) groups is 1. The maximum Gasteiger partial charge on any atom is 0.319 e. The molecular formula is C8H17N3O2. The Morgan fingerprint density at radius 2 is 2.00 bits per heavy atom. The van der Waals surface area contributed by atoms with Crippen molar-refractivity contribution in [2.45, 2.75) is 12.1 Å². The largest absolute Gasteiger partial charge is 0.390 e. The summed E-state index contributed by atoms with van der Waals surface area (Å²) < 4.78 is 0. The highest BCUT2D eigenvalue weighted by atomic mass is 16.3. The third-order valence-corrected chi connectivity index (χ3v) is 2.33. The van der Waals surface area contributed by atoms with Gasteiger partial charge in [0.1, 0.15) is 0 Å². The first kappa shape index (κ1) is 10.3. The molecule has 0 aliphatic carbocycles. The predicted molar refractivity (Wildman–Crippen MR) is 49.5 cm³/mol. The van der Waals surface area contributed by atoms with Gasteiger partial charge in [0, 0.05) is 34.2 Å². The number of carbonyl (C=O) groups excluding carboxylic acids is 1. The molecule has 1 fully saturated rings. The molecule has 2 N–H and O–H groups in total. The summed E-state index contributed by atoms with van der Waals surface area (Å²) in [4.78, 5) is 14.6. The van der Waals surface area contributed by atoms with Gasteiger partial charge in [-0.2, -0.15) is 0 Å². The van der Waals surface area contributed by atoms with E-state index in [-0.39, 0.29) is 12.1 Å². The molecule has 5 nitrogen and oxygen atoms in total. The van der Waals surface area contributed by atoms with Crippen LogP contribution in [0.4, 0.5) is 4.79 Å². The Labute approximate surface area is 78.3 Å². The normalized spacial score (nSPS) is 27.4. The van der Waals surface area contributed by atoms with E-state index in [1.54, 1.807) is 26.0 Å². The molecule has 0 spiro atoms. The Kier molecular flexibility index (Phi) is 3.11. The number of hydrogen-bond acceptors (Lipinski definition) is 3. The monoisotopic (exact) mass is 187 g/mol. The average Bonchev–Trinajstić information content (AvgIpc) is 2.48. The number of nitrogens with zero attached hydrogens (tertiary/aromatic N) is 2. The van der Waals surface area contributed by atoms with Crippen molar-refractivity contribution in [3.05, 3.63) is 0 Å². The topological polar surface area (TPSA) is 55.8 Å². The zero-order valence-corrected chi connectivity index (χ0v) is 8.32. The lowest BCUT2D eigenvalue weighted by Gasteiger charge is -2.28. The van der Waals surface area contributed by atoms with Crippen LogP contribution in [0.25, 0.3) is 0 Å². The van der Waals surface area contributed by atoms with Crippen LogP contribution in [0.2, 0.25) is 0 Å². The smallest absolute Gasteiger partial charge is 0.319 e. The average molecular weight is 187 g/mol. The van der Waals surface area contributed by atoms with Crippen molar-refractivity contribution >= 4 is 6.03 Å². The van der Waals surface area contributed by atoms with Gasteiger partial charge >= 0.3 is 6.03 Å². The molecule has 1 aliphatic rings. The summed E-state index contributed by atoms with van der Waals surface area (Å²) in [6, 6.07) is -0.178. The van der Waals surface area contributed by atoms with Crippen molar-refractivity contribution < 1.29 is 9.90 Å². The number of nitrogens with one attached hydrogen (secondary N) is 1. The predicted octanol–water partition coefficient (Wildman–Crippen LogP) is -1.07. The van der Waals surface area contributed by atoms with Crippen LogP contribution in [0.15, 0.2) is 0 Å². The Morgan fingerprint density at radius 3 is 2.38 bits per heavy atom. The number of rotatable bonds is 1. The fourth-order valence-electron chi connectivity index (χ4n) is 1.50. The van der Waals surface area contributed by atoms with E-state index in [4.69, 9.17) is 0 Å². The van der Waals surface area contributed by atoms with Crippen LogP contribution in [-0.4, -0.2) is 67.3 Å². The van der Waals surface area contributed by atoms with E-state index in [0.717, 1.165) is 0 Å². The first-order valence-electron chi connectivity index (χ1n) is 4.37. The van der Waals surface area contributed by atoms with Crippen molar-refractivity contribution in [1.29, 1.82) is 0 Å². The minimum atomic E-state index is -0.450. The van der Waals surface area contributed by atoms with E-state index < -0.39 is 6.10 Å². The van der Waals surface area contributed by atoms with Crippen LogP contribution in [0.1, 0.15) is 0 Å². The molecular weight excluding hydrogens is 170 g/mol. The summed E-state index contributed by atoms with van der Waals surface area (Å²) >= 11 is 0. The molecule has 2 amide bonds. The molecule has 13 heavy (non-hydrogen) atoms. The summed E-state index contributed by atoms with van der Waals surface area (Å²) in [7, 11) is 5.12. The fraction of sp³-hybridized carbons (Fsp3) is 0.875. The highest BCUT2D eigenvalue weighted by Crippen LogP contribution is 2.08. The third kappa shape index (κ3) is 2.10. The quantitative estimate of drug-likeness (QED) is 0.550.